The molecule has 126 heavy (non-hydrogen) atoms. The number of hydrogen-bond acceptors (Lipinski definition) is 61. The summed E-state index contributed by atoms with van der Waals surface area (Å²) in [5, 5.41) is 3.65. The van der Waals surface area contributed by atoms with E-state index in [-0.39, 0.29) is 42.9 Å². The summed E-state index contributed by atoms with van der Waals surface area (Å²) in [5.74, 6) is 1.54. The highest BCUT2D eigenvalue weighted by Gasteiger charge is 2.63. The molecule has 8 fully saturated rings. The minimum atomic E-state index is -7.14. The van der Waals surface area contributed by atoms with E-state index in [4.69, 9.17) is 43.4 Å². The van der Waals surface area contributed by atoms with E-state index in [1.165, 1.54) is 0 Å². The van der Waals surface area contributed by atoms with Crippen LogP contribution in [-0.4, -0.2) is 331 Å². The number of ether oxygens (including phenoxy) is 8. The third-order valence-electron chi connectivity index (χ3n) is 21.7. The van der Waals surface area contributed by atoms with Gasteiger partial charge in [0.15, 0.2) is 49.6 Å². The lowest BCUT2D eigenvalue weighted by atomic mass is 9.46. The first-order valence-electron chi connectivity index (χ1n) is 35.5. The topological polar surface area (TPSA) is 986 Å². The molecule has 0 N–H and O–H groups in total. The van der Waals surface area contributed by atoms with Crippen molar-refractivity contribution in [3.63, 3.8) is 0 Å². The predicted octanol–water partition coefficient (Wildman–Crippen LogP) is -8.04. The Bertz CT molecular complexity index is 5440. The number of azide groups is 1. The number of nitrogens with zero attached hydrogens (tertiary/aromatic N) is 3. The summed E-state index contributed by atoms with van der Waals surface area (Å²) in [6.07, 6.45) is -68.3. The Hall–Kier alpha value is -2.70. The van der Waals surface area contributed by atoms with Gasteiger partial charge in [-0.3, -0.25) is 54.4 Å². The molecule has 0 radical (unpaired) electrons. The van der Waals surface area contributed by atoms with Crippen molar-refractivity contribution in [3.8, 4) is 0 Å². The summed E-state index contributed by atoms with van der Waals surface area (Å²) in [7, 11) is -88.0. The van der Waals surface area contributed by atoms with E-state index in [0.29, 0.717) is 43.1 Å². The Morgan fingerprint density at radius 2 is 0.643 bits per heavy atom. The van der Waals surface area contributed by atoms with Crippen LogP contribution in [0.4, 0.5) is 0 Å². The highest BCUT2D eigenvalue weighted by atomic mass is 32.3. The summed E-state index contributed by atoms with van der Waals surface area (Å²) in [4.78, 5) is 2.82. The van der Waals surface area contributed by atoms with E-state index < -0.39 is 296 Å². The first-order chi connectivity index (χ1) is 57.1. The normalized spacial score (nSPS) is 36.2. The average Bonchev–Trinajstić information content (AvgIpc) is 1.34. The van der Waals surface area contributed by atoms with Crippen molar-refractivity contribution in [1.82, 2.24) is 0 Å². The van der Waals surface area contributed by atoms with Gasteiger partial charge in [-0.1, -0.05) is 45.1 Å². The standard InChI is InChI=1S/C50H85N3O60S13/c1-21(16-52-53-51)5-4-6-22(2)25-9-10-27-26(25)11-12-29-28(27)8-7-23-15-24(13-14-50(23,29)3)97-46-42(110-123(81,82)83)38(106-119(69,70)71)34(30(98-46)17-93-114(54,55)56)102-47-43(111-124(84,85)86)39(107-120(72,73)74)35(31(99-47)18-94-115(57,58)59)103-48-44(112-125(87,88)89)40(108-121(75,76)77)36(32(100-48)19-95-116(60,61)62)104-49-45(113-126(90,91)92)41(109-122(78,79)80)37(105-118(66,67)68)33(101-49)20-96-117(63,64)65/h21-49H,4-20H2,1-3H3,(H,54,55,56)(H,57,58,59)(H,60,61,62)(H,63,64,65)(H,66,67,68)(H,69,70,71)(H,72,73,74)(H,75,76,77)(H,78,79,80)(H,81,82,83)(H,84,85,86)(H,87,88,89)(H,90,91,92)/p-13/t21-,22-,23+,24+,25-,26?,27-,28+,29+,30-,31-,32-,33-,34-,35-,36-,37-,38+,39+,40+,41+,42-,43-,44-,45-,46-,47-,48-,49-,50+/m1/s1. The molecule has 0 aromatic heterocycles. The second-order valence-electron chi connectivity index (χ2n) is 29.6. The Morgan fingerprint density at radius 1 is 0.349 bits per heavy atom. The maximum atomic E-state index is 13.0. The molecule has 0 aromatic carbocycles. The zero-order valence-corrected chi connectivity index (χ0v) is 74.0. The largest absolute Gasteiger partial charge is 0.726 e. The molecular formula is C50H72N3O60S13-13. The highest BCUT2D eigenvalue weighted by Crippen LogP contribution is 2.65. The van der Waals surface area contributed by atoms with Gasteiger partial charge in [-0.2, -0.15) is 0 Å². The molecule has 0 amide bonds. The Balaban J connectivity index is 1.23. The third kappa shape index (κ3) is 33.4. The van der Waals surface area contributed by atoms with Crippen LogP contribution in [0.15, 0.2) is 5.11 Å². The van der Waals surface area contributed by atoms with E-state index in [2.05, 4.69) is 71.3 Å². The van der Waals surface area contributed by atoms with Crippen molar-refractivity contribution in [3.05, 3.63) is 10.4 Å². The number of rotatable bonds is 45. The van der Waals surface area contributed by atoms with Crippen molar-refractivity contribution in [2.24, 2.45) is 57.9 Å². The molecule has 8 rings (SSSR count). The molecule has 76 heteroatoms. The van der Waals surface area contributed by atoms with E-state index in [0.717, 1.165) is 44.9 Å². The summed E-state index contributed by atoms with van der Waals surface area (Å²) in [5.41, 5.74) is 8.24. The van der Waals surface area contributed by atoms with Gasteiger partial charge in [0, 0.05) is 11.5 Å². The van der Waals surface area contributed by atoms with Crippen molar-refractivity contribution in [2.75, 3.05) is 33.0 Å². The van der Waals surface area contributed by atoms with E-state index in [9.17, 15) is 169 Å². The molecular weight excluding hydrogens is 2020 g/mol. The molecule has 0 spiro atoms. The maximum absolute atomic E-state index is 13.0. The van der Waals surface area contributed by atoms with Gasteiger partial charge in [-0.25, -0.2) is 109 Å². The van der Waals surface area contributed by atoms with Crippen molar-refractivity contribution < 1.29 is 261 Å². The number of fused-ring (bicyclic) bond motifs is 5. The molecule has 4 saturated heterocycles. The fraction of sp³-hybridized carbons (Fsp3) is 1.00. The van der Waals surface area contributed by atoms with Crippen LogP contribution in [0.25, 0.3) is 10.4 Å². The van der Waals surface area contributed by atoms with Crippen molar-refractivity contribution in [1.29, 1.82) is 0 Å². The molecule has 738 valence electrons. The van der Waals surface area contributed by atoms with Gasteiger partial charge < -0.3 is 97.1 Å². The van der Waals surface area contributed by atoms with Gasteiger partial charge >= 0.3 is 0 Å². The van der Waals surface area contributed by atoms with Crippen LogP contribution in [0.1, 0.15) is 97.8 Å². The van der Waals surface area contributed by atoms with Gasteiger partial charge in [0.05, 0.1) is 32.5 Å². The van der Waals surface area contributed by atoms with Gasteiger partial charge in [0.25, 0.3) is 0 Å². The lowest BCUT2D eigenvalue weighted by Crippen LogP contribution is -2.69. The summed E-state index contributed by atoms with van der Waals surface area (Å²) in [6, 6.07) is 0. The zero-order chi connectivity index (χ0) is 95.0. The van der Waals surface area contributed by atoms with Crippen LogP contribution in [0.5, 0.6) is 0 Å². The molecule has 1 unspecified atom stereocenters. The molecule has 4 aliphatic carbocycles. The maximum Gasteiger partial charge on any atom is 0.218 e. The lowest BCUT2D eigenvalue weighted by Gasteiger charge is -2.59. The Labute approximate surface area is 719 Å². The fourth-order valence-corrected chi connectivity index (χ4v) is 23.0. The summed E-state index contributed by atoms with van der Waals surface area (Å²) < 4.78 is 585. The lowest BCUT2D eigenvalue weighted by molar-refractivity contribution is -0.380. The zero-order valence-electron chi connectivity index (χ0n) is 63.4. The first kappa shape index (κ1) is 109. The monoisotopic (exact) mass is 2090 g/mol. The minimum Gasteiger partial charge on any atom is -0.726 e. The van der Waals surface area contributed by atoms with Gasteiger partial charge in [-0.15, -0.1) is 0 Å². The molecule has 4 aliphatic heterocycles. The van der Waals surface area contributed by atoms with Crippen molar-refractivity contribution >= 4 is 135 Å². The highest BCUT2D eigenvalue weighted by molar-refractivity contribution is 7.83. The second-order valence-corrected chi connectivity index (χ2v) is 42.9. The van der Waals surface area contributed by atoms with Crippen LogP contribution in [0.2, 0.25) is 0 Å². The molecule has 63 nitrogen and oxygen atoms in total. The first-order valence-corrected chi connectivity index (χ1v) is 52.9. The van der Waals surface area contributed by atoms with Gasteiger partial charge in [0.1, 0.15) is 73.2 Å². The molecule has 4 saturated carbocycles. The summed E-state index contributed by atoms with van der Waals surface area (Å²) >= 11 is 0. The third-order valence-corrected chi connectivity index (χ3v) is 27.5. The van der Waals surface area contributed by atoms with Crippen LogP contribution < -0.4 is 0 Å². The van der Waals surface area contributed by atoms with E-state index in [1.807, 2.05) is 13.8 Å². The molecule has 0 bridgehead atoms. The smallest absolute Gasteiger partial charge is 0.218 e. The quantitative estimate of drug-likeness (QED) is 0.0136. The molecule has 8 aliphatic rings. The SMILES string of the molecule is C[C@H](CCC[C@@H](C)[C@H]1CC[C@@H]2C1CC[C@H]1[C@H]2CC[C@H]2C[C@@H](O[C@@H]3O[C@H](COS(=O)(=O)[O-])[C@@H](O[C@H]4O[C@H](COS(=O)(=O)[O-])[C@@H](O[C@H]5O[C@H](COS(=O)(=O)[O-])[C@@H](O[C@H]6O[C@H](COS(=O)(=O)[O-])[C@@H](OS(=O)(=O)[O-])[C@H](OS(=O)(=O)[O-])[C@H]6OS(=O)(=O)[O-])[C@H](OS(=O)(=O)[O-])[C@H]5OS(=O)(=O)[O-])[C@H](OS(=O)(=O)[O-])[C@H]4OS(=O)(=O)[O-])[C@H](OS(=O)(=O)[O-])[C@H]3OS(=O)(=O)[O-])CC[C@@]21C)CN=[N+]=[N-]. The van der Waals surface area contributed by atoms with Crippen LogP contribution in [-0.2, 0) is 227 Å². The molecule has 0 aromatic rings. The predicted molar refractivity (Wildman–Crippen MR) is 365 cm³/mol. The van der Waals surface area contributed by atoms with Gasteiger partial charge in [-0.05, 0) is 116 Å². The summed E-state index contributed by atoms with van der Waals surface area (Å²) in [6.45, 7) is -2.99. The fourth-order valence-electron chi connectivity index (χ4n) is 17.4. The van der Waals surface area contributed by atoms with Crippen LogP contribution >= 0.6 is 0 Å². The minimum absolute atomic E-state index is 0.0583. The Morgan fingerprint density at radius 3 is 0.968 bits per heavy atom. The number of hydrogen-bond donors (Lipinski definition) is 0. The Kier molecular flexibility index (Phi) is 35.8. The van der Waals surface area contributed by atoms with Crippen LogP contribution in [0.3, 0.4) is 0 Å². The molecule has 30 atom stereocenters. The molecule has 4 heterocycles. The van der Waals surface area contributed by atoms with Gasteiger partial charge in [0.2, 0.25) is 135 Å². The average molecular weight is 2090 g/mol. The van der Waals surface area contributed by atoms with E-state index >= 15 is 0 Å². The van der Waals surface area contributed by atoms with Crippen molar-refractivity contribution in [2.45, 2.75) is 227 Å². The second kappa shape index (κ2) is 41.5. The van der Waals surface area contributed by atoms with Crippen LogP contribution in [0, 0.1) is 52.8 Å². The van der Waals surface area contributed by atoms with E-state index in [1.54, 1.807) is 0 Å².